The number of carbonyl (C=O) groups is 2. The second-order valence-electron chi connectivity index (χ2n) is 8.12. The number of thiazole rings is 1. The number of amides is 1. The van der Waals surface area contributed by atoms with Crippen molar-refractivity contribution in [3.8, 4) is 11.5 Å². The third kappa shape index (κ3) is 5.01. The van der Waals surface area contributed by atoms with Crippen LogP contribution >= 0.6 is 11.3 Å². The smallest absolute Gasteiger partial charge is 0.326 e. The summed E-state index contributed by atoms with van der Waals surface area (Å²) in [5.41, 5.74) is 0.758. The Morgan fingerprint density at radius 2 is 1.72 bits per heavy atom. The second-order valence-corrected chi connectivity index (χ2v) is 11.1. The van der Waals surface area contributed by atoms with Gasteiger partial charge in [-0.2, -0.15) is 9.30 Å². The summed E-state index contributed by atoms with van der Waals surface area (Å²) in [6.07, 6.45) is 1.70. The Labute approximate surface area is 212 Å². The summed E-state index contributed by atoms with van der Waals surface area (Å²) in [4.78, 5) is 30.0. The first kappa shape index (κ1) is 25.9. The molecule has 0 bridgehead atoms. The molecule has 1 fully saturated rings. The van der Waals surface area contributed by atoms with Crippen molar-refractivity contribution in [1.29, 1.82) is 0 Å². The van der Waals surface area contributed by atoms with Gasteiger partial charge in [0.1, 0.15) is 28.3 Å². The van der Waals surface area contributed by atoms with E-state index in [9.17, 15) is 18.0 Å². The lowest BCUT2D eigenvalue weighted by atomic mass is 10.2. The number of esters is 1. The number of fused-ring (bicyclic) bond motifs is 1. The minimum absolute atomic E-state index is 0.0306. The molecule has 1 aliphatic rings. The Hall–Kier alpha value is -3.22. The Kier molecular flexibility index (Phi) is 7.48. The normalized spacial score (nSPS) is 14.3. The van der Waals surface area contributed by atoms with E-state index in [1.165, 1.54) is 54.1 Å². The molecule has 0 unspecified atom stereocenters. The Balaban J connectivity index is 1.76. The molecule has 12 heteroatoms. The van der Waals surface area contributed by atoms with Crippen LogP contribution in [0.3, 0.4) is 0 Å². The monoisotopic (exact) mass is 533 g/mol. The molecule has 4 rings (SSSR count). The second kappa shape index (κ2) is 10.4. The zero-order valence-electron chi connectivity index (χ0n) is 20.4. The number of rotatable bonds is 9. The molecular formula is C24H27N3O7S2. The van der Waals surface area contributed by atoms with Gasteiger partial charge in [-0.05, 0) is 56.2 Å². The fourth-order valence-corrected chi connectivity index (χ4v) is 6.30. The van der Waals surface area contributed by atoms with Crippen LogP contribution in [0.1, 0.15) is 30.1 Å². The predicted molar refractivity (Wildman–Crippen MR) is 134 cm³/mol. The first-order valence-electron chi connectivity index (χ1n) is 11.3. The number of methoxy groups -OCH3 is 2. The molecule has 0 radical (unpaired) electrons. The number of nitrogens with zero attached hydrogens (tertiary/aromatic N) is 3. The number of aromatic nitrogens is 1. The van der Waals surface area contributed by atoms with Crippen molar-refractivity contribution in [3.63, 3.8) is 0 Å². The summed E-state index contributed by atoms with van der Waals surface area (Å²) in [5, 5.41) is 0. The fraction of sp³-hybridized carbons (Fsp3) is 0.375. The first-order chi connectivity index (χ1) is 17.2. The van der Waals surface area contributed by atoms with Crippen molar-refractivity contribution in [1.82, 2.24) is 8.87 Å². The van der Waals surface area contributed by atoms with E-state index >= 15 is 0 Å². The number of ether oxygens (including phenoxy) is 3. The average Bonchev–Trinajstić information content (AvgIpc) is 3.66. The van der Waals surface area contributed by atoms with E-state index in [-0.39, 0.29) is 34.5 Å². The average molecular weight is 534 g/mol. The molecule has 192 valence electrons. The third-order valence-electron chi connectivity index (χ3n) is 5.82. The summed E-state index contributed by atoms with van der Waals surface area (Å²) in [7, 11) is 0.966. The quantitative estimate of drug-likeness (QED) is 0.388. The molecule has 2 aromatic carbocycles. The summed E-state index contributed by atoms with van der Waals surface area (Å²) in [6.45, 7) is 1.73. The summed E-state index contributed by atoms with van der Waals surface area (Å²) in [6, 6.07) is 9.14. The van der Waals surface area contributed by atoms with Crippen molar-refractivity contribution in [2.45, 2.75) is 37.2 Å². The highest BCUT2D eigenvalue weighted by molar-refractivity contribution is 7.89. The first-order valence-corrected chi connectivity index (χ1v) is 13.5. The standard InChI is InChI=1S/C24H27N3O7S2/c1-5-34-20(28)14-27-21-18(32-3)12-13-19(33-4)22(21)35-24(27)25-23(29)15-6-10-17(11-7-15)36(30,31)26(2)16-8-9-16/h6-7,10-13,16H,5,8-9,14H2,1-4H3. The molecular weight excluding hydrogens is 506 g/mol. The van der Waals surface area contributed by atoms with Gasteiger partial charge in [-0.15, -0.1) is 0 Å². The number of hydrogen-bond donors (Lipinski definition) is 0. The SMILES string of the molecule is CCOC(=O)Cn1c(=NC(=O)c2ccc(S(=O)(=O)N(C)C3CC3)cc2)sc2c(OC)ccc(OC)c21. The highest BCUT2D eigenvalue weighted by Crippen LogP contribution is 2.35. The molecule has 1 amide bonds. The number of benzene rings is 2. The highest BCUT2D eigenvalue weighted by atomic mass is 32.2. The highest BCUT2D eigenvalue weighted by Gasteiger charge is 2.35. The van der Waals surface area contributed by atoms with E-state index in [0.717, 1.165) is 12.8 Å². The number of sulfonamides is 1. The van der Waals surface area contributed by atoms with Gasteiger partial charge in [0, 0.05) is 18.7 Å². The van der Waals surface area contributed by atoms with Crippen molar-refractivity contribution in [2.24, 2.45) is 4.99 Å². The van der Waals surface area contributed by atoms with E-state index in [4.69, 9.17) is 14.2 Å². The fourth-order valence-electron chi connectivity index (χ4n) is 3.74. The van der Waals surface area contributed by atoms with Crippen LogP contribution in [-0.2, 0) is 26.1 Å². The zero-order chi connectivity index (χ0) is 26.0. The summed E-state index contributed by atoms with van der Waals surface area (Å²) in [5.74, 6) is -0.0619. The van der Waals surface area contributed by atoms with E-state index in [1.807, 2.05) is 0 Å². The van der Waals surface area contributed by atoms with Crippen molar-refractivity contribution in [2.75, 3.05) is 27.9 Å². The van der Waals surface area contributed by atoms with Crippen LogP contribution in [0.4, 0.5) is 0 Å². The Morgan fingerprint density at radius 1 is 1.08 bits per heavy atom. The number of carbonyl (C=O) groups excluding carboxylic acids is 2. The molecule has 3 aromatic rings. The van der Waals surface area contributed by atoms with E-state index in [0.29, 0.717) is 21.7 Å². The maximum atomic E-state index is 13.1. The van der Waals surface area contributed by atoms with E-state index in [1.54, 1.807) is 30.7 Å². The molecule has 0 aliphatic heterocycles. The molecule has 0 atom stereocenters. The van der Waals surface area contributed by atoms with Gasteiger partial charge in [0.15, 0.2) is 4.80 Å². The van der Waals surface area contributed by atoms with Gasteiger partial charge in [-0.25, -0.2) is 8.42 Å². The maximum Gasteiger partial charge on any atom is 0.326 e. The van der Waals surface area contributed by atoms with Crippen molar-refractivity contribution >= 4 is 43.5 Å². The Morgan fingerprint density at radius 3 is 2.31 bits per heavy atom. The lowest BCUT2D eigenvalue weighted by Crippen LogP contribution is -2.28. The van der Waals surface area contributed by atoms with Gasteiger partial charge in [-0.3, -0.25) is 9.59 Å². The molecule has 1 saturated carbocycles. The van der Waals surface area contributed by atoms with E-state index < -0.39 is 21.9 Å². The van der Waals surface area contributed by atoms with Crippen LogP contribution in [0, 0.1) is 0 Å². The molecule has 0 N–H and O–H groups in total. The van der Waals surface area contributed by atoms with Gasteiger partial charge in [0.05, 0.1) is 25.7 Å². The lowest BCUT2D eigenvalue weighted by molar-refractivity contribution is -0.143. The maximum absolute atomic E-state index is 13.1. The molecule has 1 aliphatic carbocycles. The predicted octanol–water partition coefficient (Wildman–Crippen LogP) is 2.81. The molecule has 36 heavy (non-hydrogen) atoms. The van der Waals surface area contributed by atoms with Crippen LogP contribution in [0.5, 0.6) is 11.5 Å². The topological polar surface area (TPSA) is 117 Å². The molecule has 1 aromatic heterocycles. The van der Waals surface area contributed by atoms with Crippen LogP contribution in [0.2, 0.25) is 0 Å². The minimum Gasteiger partial charge on any atom is -0.495 e. The van der Waals surface area contributed by atoms with Crippen LogP contribution in [0.25, 0.3) is 10.2 Å². The van der Waals surface area contributed by atoms with Crippen LogP contribution < -0.4 is 14.3 Å². The molecule has 1 heterocycles. The summed E-state index contributed by atoms with van der Waals surface area (Å²) < 4.78 is 45.1. The third-order valence-corrected chi connectivity index (χ3v) is 8.84. The van der Waals surface area contributed by atoms with Gasteiger partial charge >= 0.3 is 5.97 Å². The minimum atomic E-state index is -3.63. The Bertz CT molecular complexity index is 1470. The van der Waals surface area contributed by atoms with Crippen molar-refractivity contribution in [3.05, 3.63) is 46.8 Å². The zero-order valence-corrected chi connectivity index (χ0v) is 22.0. The molecule has 0 spiro atoms. The summed E-state index contributed by atoms with van der Waals surface area (Å²) >= 11 is 1.17. The van der Waals surface area contributed by atoms with E-state index in [2.05, 4.69) is 4.99 Å². The van der Waals surface area contributed by atoms with Crippen LogP contribution in [-0.4, -0.2) is 63.1 Å². The van der Waals surface area contributed by atoms with Gasteiger partial charge in [0.25, 0.3) is 5.91 Å². The number of hydrogen-bond acceptors (Lipinski definition) is 8. The van der Waals surface area contributed by atoms with Gasteiger partial charge < -0.3 is 18.8 Å². The van der Waals surface area contributed by atoms with Gasteiger partial charge in [-0.1, -0.05) is 11.3 Å². The molecule has 0 saturated heterocycles. The van der Waals surface area contributed by atoms with Crippen LogP contribution in [0.15, 0.2) is 46.3 Å². The van der Waals surface area contributed by atoms with Gasteiger partial charge in [0.2, 0.25) is 10.0 Å². The largest absolute Gasteiger partial charge is 0.495 e. The van der Waals surface area contributed by atoms with Crippen molar-refractivity contribution < 1.29 is 32.2 Å². The molecule has 10 nitrogen and oxygen atoms in total. The lowest BCUT2D eigenvalue weighted by Gasteiger charge is -2.16.